The Hall–Kier alpha value is -2.06. The van der Waals surface area contributed by atoms with Crippen LogP contribution in [-0.4, -0.2) is 55.6 Å². The van der Waals surface area contributed by atoms with Crippen LogP contribution in [0.25, 0.3) is 5.65 Å². The number of anilines is 1. The van der Waals surface area contributed by atoms with Crippen LogP contribution in [0.5, 0.6) is 0 Å². The molecule has 1 fully saturated rings. The van der Waals surface area contributed by atoms with E-state index in [0.29, 0.717) is 6.04 Å². The van der Waals surface area contributed by atoms with Crippen molar-refractivity contribution in [1.29, 1.82) is 0 Å². The van der Waals surface area contributed by atoms with Crippen molar-refractivity contribution < 1.29 is 0 Å². The maximum absolute atomic E-state index is 4.53. The molecule has 4 rings (SSSR count). The van der Waals surface area contributed by atoms with E-state index in [1.807, 2.05) is 17.5 Å². The Morgan fingerprint density at radius 1 is 1.41 bits per heavy atom. The Bertz CT molecular complexity index is 789. The lowest BCUT2D eigenvalue weighted by Gasteiger charge is -2.44. The Morgan fingerprint density at radius 3 is 3.05 bits per heavy atom. The average molecular weight is 315 g/mol. The summed E-state index contributed by atoms with van der Waals surface area (Å²) in [7, 11) is 2.15. The second-order valence-corrected chi connectivity index (χ2v) is 6.71. The van der Waals surface area contributed by atoms with Crippen molar-refractivity contribution in [3.8, 4) is 0 Å². The Kier molecular flexibility index (Phi) is 3.27. The van der Waals surface area contributed by atoms with Gasteiger partial charge in [-0.2, -0.15) is 0 Å². The van der Waals surface area contributed by atoms with Gasteiger partial charge in [0, 0.05) is 43.4 Å². The van der Waals surface area contributed by atoms with Crippen LogP contribution in [0.1, 0.15) is 10.7 Å². The third-order valence-corrected chi connectivity index (χ3v) is 4.88. The molecule has 22 heavy (non-hydrogen) atoms. The van der Waals surface area contributed by atoms with Gasteiger partial charge in [-0.3, -0.25) is 9.30 Å². The van der Waals surface area contributed by atoms with E-state index in [4.69, 9.17) is 0 Å². The highest BCUT2D eigenvalue weighted by Crippen LogP contribution is 2.25. The number of aromatic nitrogens is 5. The van der Waals surface area contributed by atoms with Gasteiger partial charge >= 0.3 is 0 Å². The molecule has 0 amide bonds. The lowest BCUT2D eigenvalue weighted by atomic mass is 10.1. The molecule has 0 saturated carbocycles. The zero-order chi connectivity index (χ0) is 15.1. The van der Waals surface area contributed by atoms with Crippen LogP contribution in [0.15, 0.2) is 24.1 Å². The predicted octanol–water partition coefficient (Wildman–Crippen LogP) is 1.21. The highest BCUT2D eigenvalue weighted by Gasteiger charge is 2.32. The highest BCUT2D eigenvalue weighted by molar-refractivity contribution is 7.09. The molecule has 114 valence electrons. The van der Waals surface area contributed by atoms with Crippen molar-refractivity contribution in [2.45, 2.75) is 19.5 Å². The molecule has 0 bridgehead atoms. The average Bonchev–Trinajstić information content (AvgIpc) is 3.06. The molecule has 0 spiro atoms. The second kappa shape index (κ2) is 5.29. The van der Waals surface area contributed by atoms with E-state index in [-0.39, 0.29) is 0 Å². The first kappa shape index (κ1) is 13.6. The lowest BCUT2D eigenvalue weighted by molar-refractivity contribution is 0.195. The van der Waals surface area contributed by atoms with E-state index in [2.05, 4.69) is 42.4 Å². The minimum atomic E-state index is 0.520. The van der Waals surface area contributed by atoms with Gasteiger partial charge in [-0.1, -0.05) is 0 Å². The molecule has 7 nitrogen and oxygen atoms in total. The summed E-state index contributed by atoms with van der Waals surface area (Å²) >= 11 is 1.71. The molecule has 3 aromatic rings. The van der Waals surface area contributed by atoms with Crippen molar-refractivity contribution in [3.05, 3.63) is 34.8 Å². The number of rotatable bonds is 4. The summed E-state index contributed by atoms with van der Waals surface area (Å²) in [6, 6.07) is 0.520. The van der Waals surface area contributed by atoms with Crippen LogP contribution in [0.3, 0.4) is 0 Å². The first-order valence-electron chi connectivity index (χ1n) is 7.21. The standard InChI is InChI=1S/C14H17N7S/c1-10-17-11(8-22-10)5-19(2)12-6-21(7-12)13-14-18-16-9-20(14)4-3-15-13/h3-4,8-9,12H,5-7H2,1-2H3. The molecular weight excluding hydrogens is 298 g/mol. The van der Waals surface area contributed by atoms with Crippen molar-refractivity contribution in [2.24, 2.45) is 0 Å². The molecule has 0 atom stereocenters. The number of hydrogen-bond acceptors (Lipinski definition) is 7. The number of nitrogens with zero attached hydrogens (tertiary/aromatic N) is 7. The van der Waals surface area contributed by atoms with E-state index in [0.717, 1.165) is 41.8 Å². The second-order valence-electron chi connectivity index (χ2n) is 5.64. The Morgan fingerprint density at radius 2 is 2.27 bits per heavy atom. The molecule has 0 radical (unpaired) electrons. The maximum Gasteiger partial charge on any atom is 0.203 e. The van der Waals surface area contributed by atoms with Crippen molar-refractivity contribution in [3.63, 3.8) is 0 Å². The fourth-order valence-corrected chi connectivity index (χ4v) is 3.34. The number of fused-ring (bicyclic) bond motifs is 1. The summed E-state index contributed by atoms with van der Waals surface area (Å²) in [6.07, 6.45) is 5.36. The number of hydrogen-bond donors (Lipinski definition) is 0. The normalized spacial score (nSPS) is 15.7. The zero-order valence-corrected chi connectivity index (χ0v) is 13.4. The van der Waals surface area contributed by atoms with E-state index in [1.54, 1.807) is 23.9 Å². The molecule has 0 aliphatic carbocycles. The van der Waals surface area contributed by atoms with Crippen LogP contribution in [-0.2, 0) is 6.54 Å². The third kappa shape index (κ3) is 2.34. The van der Waals surface area contributed by atoms with Gasteiger partial charge in [0.2, 0.25) is 5.65 Å². The van der Waals surface area contributed by atoms with Gasteiger partial charge in [0.25, 0.3) is 0 Å². The summed E-state index contributed by atoms with van der Waals surface area (Å²) in [5.41, 5.74) is 1.97. The van der Waals surface area contributed by atoms with Crippen LogP contribution >= 0.6 is 11.3 Å². The van der Waals surface area contributed by atoms with E-state index in [9.17, 15) is 0 Å². The van der Waals surface area contributed by atoms with Crippen LogP contribution in [0.2, 0.25) is 0 Å². The summed E-state index contributed by atoms with van der Waals surface area (Å²) in [6.45, 7) is 4.86. The molecule has 1 saturated heterocycles. The minimum Gasteiger partial charge on any atom is -0.350 e. The van der Waals surface area contributed by atoms with Gasteiger partial charge in [0.05, 0.1) is 10.7 Å². The van der Waals surface area contributed by atoms with Gasteiger partial charge in [0.1, 0.15) is 6.33 Å². The summed E-state index contributed by atoms with van der Waals surface area (Å²) in [5, 5.41) is 11.4. The number of aryl methyl sites for hydroxylation is 1. The SMILES string of the molecule is Cc1nc(CN(C)C2CN(c3nccn4cnnc34)C2)cs1. The third-order valence-electron chi connectivity index (χ3n) is 4.06. The smallest absolute Gasteiger partial charge is 0.203 e. The van der Waals surface area contributed by atoms with Gasteiger partial charge < -0.3 is 4.90 Å². The molecule has 0 N–H and O–H groups in total. The number of thiazole rings is 1. The summed E-state index contributed by atoms with van der Waals surface area (Å²) in [5.74, 6) is 0.911. The van der Waals surface area contributed by atoms with Crippen LogP contribution in [0, 0.1) is 6.92 Å². The lowest BCUT2D eigenvalue weighted by Crippen LogP contribution is -2.58. The topological polar surface area (TPSA) is 62.5 Å². The fourth-order valence-electron chi connectivity index (χ4n) is 2.74. The molecular formula is C14H17N7S. The van der Waals surface area contributed by atoms with Crippen LogP contribution < -0.4 is 4.90 Å². The fraction of sp³-hybridized carbons (Fsp3) is 0.429. The first-order valence-corrected chi connectivity index (χ1v) is 8.09. The van der Waals surface area contributed by atoms with Crippen molar-refractivity contribution in [2.75, 3.05) is 25.0 Å². The van der Waals surface area contributed by atoms with E-state index >= 15 is 0 Å². The highest BCUT2D eigenvalue weighted by atomic mass is 32.1. The van der Waals surface area contributed by atoms with Gasteiger partial charge in [-0.25, -0.2) is 9.97 Å². The van der Waals surface area contributed by atoms with Crippen molar-refractivity contribution in [1.82, 2.24) is 29.5 Å². The predicted molar refractivity (Wildman–Crippen MR) is 85.1 cm³/mol. The minimum absolute atomic E-state index is 0.520. The largest absolute Gasteiger partial charge is 0.350 e. The van der Waals surface area contributed by atoms with Crippen LogP contribution in [0.4, 0.5) is 5.82 Å². The van der Waals surface area contributed by atoms with Gasteiger partial charge in [-0.05, 0) is 14.0 Å². The van der Waals surface area contributed by atoms with E-state index in [1.165, 1.54) is 0 Å². The molecule has 4 heterocycles. The summed E-state index contributed by atoms with van der Waals surface area (Å²) < 4.78 is 1.90. The molecule has 8 heteroatoms. The molecule has 3 aromatic heterocycles. The molecule has 0 unspecified atom stereocenters. The Labute approximate surface area is 132 Å². The monoisotopic (exact) mass is 315 g/mol. The summed E-state index contributed by atoms with van der Waals surface area (Å²) in [4.78, 5) is 13.6. The Balaban J connectivity index is 1.42. The quantitative estimate of drug-likeness (QED) is 0.721. The van der Waals surface area contributed by atoms with E-state index < -0.39 is 0 Å². The maximum atomic E-state index is 4.53. The molecule has 1 aliphatic rings. The zero-order valence-electron chi connectivity index (χ0n) is 12.5. The molecule has 1 aliphatic heterocycles. The number of likely N-dealkylation sites (N-methyl/N-ethyl adjacent to an activating group) is 1. The first-order chi connectivity index (χ1) is 10.7. The van der Waals surface area contributed by atoms with Gasteiger partial charge in [-0.15, -0.1) is 21.5 Å². The molecule has 0 aromatic carbocycles. The van der Waals surface area contributed by atoms with Gasteiger partial charge in [0.15, 0.2) is 5.82 Å². The van der Waals surface area contributed by atoms with Crippen molar-refractivity contribution >= 4 is 22.8 Å².